The first kappa shape index (κ1) is 11.1. The van der Waals surface area contributed by atoms with Crippen molar-refractivity contribution in [2.24, 2.45) is 5.92 Å². The molecule has 0 aliphatic heterocycles. The first-order valence-electron chi connectivity index (χ1n) is 8.10. The predicted molar refractivity (Wildman–Crippen MR) is 82.1 cm³/mol. The van der Waals surface area contributed by atoms with Crippen LogP contribution in [0.4, 0.5) is 0 Å². The third kappa shape index (κ3) is 1.15. The molecule has 2 bridgehead atoms. The van der Waals surface area contributed by atoms with Gasteiger partial charge < -0.3 is 0 Å². The Kier molecular flexibility index (Phi) is 2.09. The van der Waals surface area contributed by atoms with Gasteiger partial charge in [0.2, 0.25) is 0 Å². The molecule has 100 valence electrons. The smallest absolute Gasteiger partial charge is 0.0237 e. The van der Waals surface area contributed by atoms with Crippen molar-refractivity contribution < 1.29 is 0 Å². The van der Waals surface area contributed by atoms with Crippen molar-refractivity contribution in [1.29, 1.82) is 0 Å². The maximum Gasteiger partial charge on any atom is 0.0237 e. The molecule has 1 saturated carbocycles. The van der Waals surface area contributed by atoms with Crippen LogP contribution in [-0.4, -0.2) is 0 Å². The molecule has 1 atom stereocenters. The van der Waals surface area contributed by atoms with Crippen molar-refractivity contribution in [1.82, 2.24) is 0 Å². The van der Waals surface area contributed by atoms with Gasteiger partial charge in [-0.05, 0) is 47.4 Å². The summed E-state index contributed by atoms with van der Waals surface area (Å²) < 4.78 is 0. The molecule has 1 spiro atoms. The Hall–Kier alpha value is -1.56. The Morgan fingerprint density at radius 1 is 0.800 bits per heavy atom. The summed E-state index contributed by atoms with van der Waals surface area (Å²) in [6, 6.07) is 18.6. The normalized spacial score (nSPS) is 33.2. The van der Waals surface area contributed by atoms with Crippen molar-refractivity contribution in [3.8, 4) is 0 Å². The lowest BCUT2D eigenvalue weighted by Gasteiger charge is -2.56. The lowest BCUT2D eigenvalue weighted by Crippen LogP contribution is -2.48. The summed E-state index contributed by atoms with van der Waals surface area (Å²) in [4.78, 5) is 0. The van der Waals surface area contributed by atoms with Crippen LogP contribution in [-0.2, 0) is 5.41 Å². The fourth-order valence-corrected chi connectivity index (χ4v) is 5.54. The number of benzene rings is 2. The van der Waals surface area contributed by atoms with Crippen LogP contribution in [0.5, 0.6) is 0 Å². The van der Waals surface area contributed by atoms with E-state index < -0.39 is 0 Å². The zero-order valence-corrected chi connectivity index (χ0v) is 11.8. The van der Waals surface area contributed by atoms with E-state index >= 15 is 0 Å². The second-order valence-corrected chi connectivity index (χ2v) is 6.88. The van der Waals surface area contributed by atoms with Crippen LogP contribution in [0.3, 0.4) is 0 Å². The highest BCUT2D eigenvalue weighted by molar-refractivity contribution is 5.60. The molecule has 0 N–H and O–H groups in total. The minimum atomic E-state index is 0.347. The van der Waals surface area contributed by atoms with Crippen LogP contribution in [0.25, 0.3) is 0 Å². The van der Waals surface area contributed by atoms with Gasteiger partial charge in [0.05, 0.1) is 0 Å². The molecule has 4 aliphatic carbocycles. The van der Waals surface area contributed by atoms with Crippen molar-refractivity contribution in [2.75, 3.05) is 0 Å². The lowest BCUT2D eigenvalue weighted by molar-refractivity contribution is 0.171. The van der Waals surface area contributed by atoms with Crippen LogP contribution in [0.15, 0.2) is 48.5 Å². The molecule has 20 heavy (non-hydrogen) atoms. The zero-order valence-electron chi connectivity index (χ0n) is 11.8. The van der Waals surface area contributed by atoms with E-state index in [0.717, 1.165) is 5.92 Å². The molecule has 0 heterocycles. The maximum absolute atomic E-state index is 2.43. The van der Waals surface area contributed by atoms with Crippen molar-refractivity contribution in [2.45, 2.75) is 43.4 Å². The largest absolute Gasteiger partial charge is 0.0620 e. The number of hydrogen-bond acceptors (Lipinski definition) is 0. The van der Waals surface area contributed by atoms with E-state index in [2.05, 4.69) is 48.5 Å². The minimum absolute atomic E-state index is 0.347. The molecule has 1 unspecified atom stereocenters. The van der Waals surface area contributed by atoms with E-state index in [1.54, 1.807) is 22.3 Å². The molecule has 0 radical (unpaired) electrons. The summed E-state index contributed by atoms with van der Waals surface area (Å²) in [6.45, 7) is 0. The SMILES string of the molecule is c1ccc2c(c1)C1CC3CCCCC23c2ccccc21. The Bertz CT molecular complexity index is 634. The fourth-order valence-electron chi connectivity index (χ4n) is 5.54. The van der Waals surface area contributed by atoms with Crippen LogP contribution < -0.4 is 0 Å². The van der Waals surface area contributed by atoms with Gasteiger partial charge in [0.1, 0.15) is 0 Å². The maximum atomic E-state index is 2.43. The van der Waals surface area contributed by atoms with E-state index in [0.29, 0.717) is 11.3 Å². The lowest BCUT2D eigenvalue weighted by atomic mass is 9.47. The molecule has 0 amide bonds. The van der Waals surface area contributed by atoms with E-state index in [4.69, 9.17) is 0 Å². The summed E-state index contributed by atoms with van der Waals surface area (Å²) in [5, 5.41) is 0. The summed E-state index contributed by atoms with van der Waals surface area (Å²) in [5.41, 5.74) is 6.94. The van der Waals surface area contributed by atoms with E-state index in [1.165, 1.54) is 32.1 Å². The molecular formula is C20H20. The minimum Gasteiger partial charge on any atom is -0.0620 e. The first-order chi connectivity index (χ1) is 9.91. The molecule has 0 nitrogen and oxygen atoms in total. The van der Waals surface area contributed by atoms with E-state index in [1.807, 2.05) is 0 Å². The van der Waals surface area contributed by atoms with Gasteiger partial charge in [0.15, 0.2) is 0 Å². The van der Waals surface area contributed by atoms with Crippen LogP contribution in [0.1, 0.15) is 60.3 Å². The molecule has 0 saturated heterocycles. The molecule has 0 heteroatoms. The number of hydrogen-bond donors (Lipinski definition) is 0. The molecule has 1 fully saturated rings. The molecular weight excluding hydrogens is 240 g/mol. The average molecular weight is 260 g/mol. The Morgan fingerprint density at radius 3 is 2.15 bits per heavy atom. The highest BCUT2D eigenvalue weighted by Crippen LogP contribution is 2.63. The Morgan fingerprint density at radius 2 is 1.45 bits per heavy atom. The third-order valence-electron chi connectivity index (χ3n) is 6.22. The summed E-state index contributed by atoms with van der Waals surface area (Å²) in [5.74, 6) is 1.54. The zero-order chi connectivity index (χ0) is 13.2. The van der Waals surface area contributed by atoms with Gasteiger partial charge >= 0.3 is 0 Å². The molecule has 4 aliphatic rings. The molecule has 2 aromatic rings. The van der Waals surface area contributed by atoms with Gasteiger partial charge in [-0.1, -0.05) is 61.4 Å². The standard InChI is InChI=1S/C20H20/c1-3-10-18-15(8-1)17-13-14-7-5-6-12-20(14,18)19-11-4-2-9-16(17)19/h1-4,8-11,14,17H,5-7,12-13H2. The van der Waals surface area contributed by atoms with Gasteiger partial charge in [0, 0.05) is 11.3 Å². The first-order valence-corrected chi connectivity index (χ1v) is 8.10. The third-order valence-corrected chi connectivity index (χ3v) is 6.22. The monoisotopic (exact) mass is 260 g/mol. The van der Waals surface area contributed by atoms with Crippen LogP contribution >= 0.6 is 0 Å². The second-order valence-electron chi connectivity index (χ2n) is 6.88. The van der Waals surface area contributed by atoms with Crippen molar-refractivity contribution in [3.63, 3.8) is 0 Å². The van der Waals surface area contributed by atoms with Crippen molar-refractivity contribution >= 4 is 0 Å². The van der Waals surface area contributed by atoms with Gasteiger partial charge in [-0.25, -0.2) is 0 Å². The van der Waals surface area contributed by atoms with Crippen LogP contribution in [0, 0.1) is 5.92 Å². The van der Waals surface area contributed by atoms with Gasteiger partial charge in [-0.3, -0.25) is 0 Å². The van der Waals surface area contributed by atoms with Gasteiger partial charge in [0.25, 0.3) is 0 Å². The van der Waals surface area contributed by atoms with E-state index in [9.17, 15) is 0 Å². The summed E-state index contributed by atoms with van der Waals surface area (Å²) in [6.07, 6.45) is 7.00. The quantitative estimate of drug-likeness (QED) is 0.624. The van der Waals surface area contributed by atoms with Gasteiger partial charge in [-0.2, -0.15) is 0 Å². The number of rotatable bonds is 0. The molecule has 2 aromatic carbocycles. The highest BCUT2D eigenvalue weighted by atomic mass is 14.6. The van der Waals surface area contributed by atoms with E-state index in [-0.39, 0.29) is 0 Å². The van der Waals surface area contributed by atoms with Crippen LogP contribution in [0.2, 0.25) is 0 Å². The highest BCUT2D eigenvalue weighted by Gasteiger charge is 2.54. The average Bonchev–Trinajstić information content (AvgIpc) is 2.55. The Balaban J connectivity index is 1.88. The predicted octanol–water partition coefficient (Wildman–Crippen LogP) is 5.01. The molecule has 6 rings (SSSR count). The summed E-state index contributed by atoms with van der Waals surface area (Å²) in [7, 11) is 0. The molecule has 0 aromatic heterocycles. The topological polar surface area (TPSA) is 0 Å². The Labute approximate surface area is 120 Å². The second kappa shape index (κ2) is 3.75. The fraction of sp³-hybridized carbons (Fsp3) is 0.400. The van der Waals surface area contributed by atoms with Crippen molar-refractivity contribution in [3.05, 3.63) is 70.8 Å². The summed E-state index contributed by atoms with van der Waals surface area (Å²) >= 11 is 0. The van der Waals surface area contributed by atoms with Gasteiger partial charge in [-0.15, -0.1) is 0 Å².